The van der Waals surface area contributed by atoms with Crippen LogP contribution in [0.3, 0.4) is 0 Å². The van der Waals surface area contributed by atoms with Crippen LogP contribution in [0.5, 0.6) is 17.2 Å². The molecule has 0 aliphatic carbocycles. The molecule has 0 fully saturated rings. The summed E-state index contributed by atoms with van der Waals surface area (Å²) in [7, 11) is 0. The fourth-order valence-electron chi connectivity index (χ4n) is 2.59. The van der Waals surface area contributed by atoms with Gasteiger partial charge < -0.3 is 18.6 Å². The maximum absolute atomic E-state index is 12.1. The highest BCUT2D eigenvalue weighted by Crippen LogP contribution is 2.29. The van der Waals surface area contributed by atoms with Gasteiger partial charge >= 0.3 is 11.7 Å². The number of furan rings is 1. The third-order valence-electron chi connectivity index (χ3n) is 4.02. The highest BCUT2D eigenvalue weighted by molar-refractivity contribution is 5.89. The third-order valence-corrected chi connectivity index (χ3v) is 4.02. The second-order valence-corrected chi connectivity index (χ2v) is 6.31. The molecule has 11 heteroatoms. The van der Waals surface area contributed by atoms with Crippen LogP contribution in [0.15, 0.2) is 70.4 Å². The first kappa shape index (κ1) is 23.0. The van der Waals surface area contributed by atoms with Crippen molar-refractivity contribution in [1.82, 2.24) is 5.43 Å². The van der Waals surface area contributed by atoms with Gasteiger partial charge in [0.15, 0.2) is 23.9 Å². The summed E-state index contributed by atoms with van der Waals surface area (Å²) in [5.74, 6) is -0.770. The number of esters is 1. The van der Waals surface area contributed by atoms with Gasteiger partial charge in [0, 0.05) is 6.07 Å². The number of benzene rings is 2. The van der Waals surface area contributed by atoms with Crippen molar-refractivity contribution in [2.75, 3.05) is 13.2 Å². The van der Waals surface area contributed by atoms with Crippen molar-refractivity contribution in [3.05, 3.63) is 82.3 Å². The van der Waals surface area contributed by atoms with E-state index in [2.05, 4.69) is 10.5 Å². The highest BCUT2D eigenvalue weighted by Gasteiger charge is 2.16. The van der Waals surface area contributed by atoms with Crippen LogP contribution in [0.25, 0.3) is 0 Å². The number of ether oxygens (including phenoxy) is 3. The van der Waals surface area contributed by atoms with Crippen LogP contribution in [0.1, 0.15) is 23.0 Å². The number of para-hydroxylation sites is 2. The lowest BCUT2D eigenvalue weighted by Gasteiger charge is -2.10. The lowest BCUT2D eigenvalue weighted by atomic mass is 10.2. The van der Waals surface area contributed by atoms with Gasteiger partial charge in [0.05, 0.1) is 24.0 Å². The van der Waals surface area contributed by atoms with Gasteiger partial charge in [0.25, 0.3) is 5.91 Å². The van der Waals surface area contributed by atoms with E-state index in [0.29, 0.717) is 17.9 Å². The number of nitro benzene ring substituents is 1. The van der Waals surface area contributed by atoms with E-state index in [1.54, 1.807) is 31.2 Å². The molecule has 1 heterocycles. The maximum Gasteiger partial charge on any atom is 0.379 e. The van der Waals surface area contributed by atoms with Gasteiger partial charge in [-0.1, -0.05) is 12.1 Å². The second-order valence-electron chi connectivity index (χ2n) is 6.31. The van der Waals surface area contributed by atoms with Crippen LogP contribution in [0, 0.1) is 10.1 Å². The molecule has 1 aromatic heterocycles. The second kappa shape index (κ2) is 11.1. The Morgan fingerprint density at radius 2 is 1.91 bits per heavy atom. The Morgan fingerprint density at radius 3 is 2.64 bits per heavy atom. The Balaban J connectivity index is 1.59. The average molecular weight is 453 g/mol. The number of nitro groups is 1. The minimum absolute atomic E-state index is 0.0253. The third kappa shape index (κ3) is 6.40. The molecule has 0 bridgehead atoms. The Hall–Kier alpha value is -4.67. The summed E-state index contributed by atoms with van der Waals surface area (Å²) < 4.78 is 21.0. The number of carbonyl (C=O) groups is 2. The molecule has 0 saturated heterocycles. The van der Waals surface area contributed by atoms with Crippen LogP contribution >= 0.6 is 0 Å². The summed E-state index contributed by atoms with van der Waals surface area (Å²) in [4.78, 5) is 34.4. The van der Waals surface area contributed by atoms with Crippen LogP contribution in [0.4, 0.5) is 5.69 Å². The zero-order valence-electron chi connectivity index (χ0n) is 17.4. The van der Waals surface area contributed by atoms with Crippen molar-refractivity contribution < 1.29 is 33.1 Å². The van der Waals surface area contributed by atoms with Crippen LogP contribution in [-0.4, -0.2) is 36.2 Å². The van der Waals surface area contributed by atoms with E-state index in [0.717, 1.165) is 0 Å². The van der Waals surface area contributed by atoms with E-state index in [4.69, 9.17) is 18.6 Å². The summed E-state index contributed by atoms with van der Waals surface area (Å²) in [6.45, 7) is 1.63. The van der Waals surface area contributed by atoms with Crippen LogP contribution in [-0.2, 0) is 4.79 Å². The zero-order chi connectivity index (χ0) is 23.6. The van der Waals surface area contributed by atoms with Gasteiger partial charge in [0.1, 0.15) is 0 Å². The molecule has 0 spiro atoms. The fourth-order valence-corrected chi connectivity index (χ4v) is 2.59. The number of hydrogen-bond donors (Lipinski definition) is 1. The summed E-state index contributed by atoms with van der Waals surface area (Å²) in [6.07, 6.45) is 2.71. The maximum atomic E-state index is 12.1. The fraction of sp³-hybridized carbons (Fsp3) is 0.136. The van der Waals surface area contributed by atoms with E-state index in [1.807, 2.05) is 0 Å². The Bertz CT molecular complexity index is 1160. The van der Waals surface area contributed by atoms with E-state index < -0.39 is 23.4 Å². The molecule has 3 rings (SSSR count). The molecular formula is C22H19N3O8. The standard InChI is InChI=1S/C22H19N3O8/c1-2-30-20-12-15(9-10-18(20)33-22(27)19-8-5-11-31-19)13-23-24-21(26)14-32-17-7-4-3-6-16(17)25(28)29/h3-13H,2,14H2,1H3,(H,24,26)/b23-13-. The number of carbonyl (C=O) groups excluding carboxylic acids is 2. The quantitative estimate of drug-likeness (QED) is 0.162. The highest BCUT2D eigenvalue weighted by atomic mass is 16.6. The topological polar surface area (TPSA) is 142 Å². The Morgan fingerprint density at radius 1 is 1.09 bits per heavy atom. The number of nitrogens with zero attached hydrogens (tertiary/aromatic N) is 2. The molecule has 0 radical (unpaired) electrons. The number of hydrazone groups is 1. The van der Waals surface area contributed by atoms with Crippen molar-refractivity contribution in [2.45, 2.75) is 6.92 Å². The predicted molar refractivity (Wildman–Crippen MR) is 116 cm³/mol. The monoisotopic (exact) mass is 453 g/mol. The number of rotatable bonds is 10. The lowest BCUT2D eigenvalue weighted by Crippen LogP contribution is -2.24. The Kier molecular flexibility index (Phi) is 7.73. The largest absolute Gasteiger partial charge is 0.490 e. The van der Waals surface area contributed by atoms with E-state index in [-0.39, 0.29) is 22.9 Å². The van der Waals surface area contributed by atoms with Gasteiger partial charge in [-0.15, -0.1) is 0 Å². The Labute approximate surface area is 187 Å². The average Bonchev–Trinajstić information content (AvgIpc) is 3.35. The van der Waals surface area contributed by atoms with Crippen LogP contribution in [0.2, 0.25) is 0 Å². The molecule has 170 valence electrons. The van der Waals surface area contributed by atoms with Gasteiger partial charge in [0.2, 0.25) is 5.76 Å². The molecule has 1 N–H and O–H groups in total. The summed E-state index contributed by atoms with van der Waals surface area (Å²) in [5, 5.41) is 14.8. The molecular weight excluding hydrogens is 434 g/mol. The molecule has 3 aromatic rings. The normalized spacial score (nSPS) is 10.6. The molecule has 33 heavy (non-hydrogen) atoms. The molecule has 0 aliphatic rings. The molecule has 1 amide bonds. The first-order valence-electron chi connectivity index (χ1n) is 9.68. The number of nitrogens with one attached hydrogen (secondary N) is 1. The molecule has 11 nitrogen and oxygen atoms in total. The minimum Gasteiger partial charge on any atom is -0.490 e. The number of amides is 1. The number of hydrogen-bond acceptors (Lipinski definition) is 9. The zero-order valence-corrected chi connectivity index (χ0v) is 17.4. The molecule has 0 atom stereocenters. The molecule has 0 saturated carbocycles. The van der Waals surface area contributed by atoms with Crippen molar-refractivity contribution in [3.63, 3.8) is 0 Å². The molecule has 0 unspecified atom stereocenters. The van der Waals surface area contributed by atoms with Gasteiger partial charge in [-0.05, 0) is 48.9 Å². The first-order valence-corrected chi connectivity index (χ1v) is 9.68. The smallest absolute Gasteiger partial charge is 0.379 e. The molecule has 0 aliphatic heterocycles. The summed E-state index contributed by atoms with van der Waals surface area (Å²) in [5.41, 5.74) is 2.57. The van der Waals surface area contributed by atoms with Gasteiger partial charge in [-0.2, -0.15) is 5.10 Å². The van der Waals surface area contributed by atoms with E-state index in [1.165, 1.54) is 42.8 Å². The SMILES string of the molecule is CCOc1cc(/C=N\NC(=O)COc2ccccc2[N+](=O)[O-])ccc1OC(=O)c1ccco1. The van der Waals surface area contributed by atoms with Gasteiger partial charge in [-0.25, -0.2) is 10.2 Å². The van der Waals surface area contributed by atoms with Gasteiger partial charge in [-0.3, -0.25) is 14.9 Å². The van der Waals surface area contributed by atoms with E-state index in [9.17, 15) is 19.7 Å². The first-order chi connectivity index (χ1) is 16.0. The summed E-state index contributed by atoms with van der Waals surface area (Å²) >= 11 is 0. The van der Waals surface area contributed by atoms with Crippen molar-refractivity contribution >= 4 is 23.8 Å². The lowest BCUT2D eigenvalue weighted by molar-refractivity contribution is -0.385. The van der Waals surface area contributed by atoms with E-state index >= 15 is 0 Å². The van der Waals surface area contributed by atoms with Crippen molar-refractivity contribution in [3.8, 4) is 17.2 Å². The minimum atomic E-state index is -0.673. The molecule has 2 aromatic carbocycles. The van der Waals surface area contributed by atoms with Crippen molar-refractivity contribution in [1.29, 1.82) is 0 Å². The van der Waals surface area contributed by atoms with Crippen molar-refractivity contribution in [2.24, 2.45) is 5.10 Å². The predicted octanol–water partition coefficient (Wildman–Crippen LogP) is 3.33. The van der Waals surface area contributed by atoms with Crippen LogP contribution < -0.4 is 19.6 Å². The summed E-state index contributed by atoms with van der Waals surface area (Å²) in [6, 6.07) is 13.5.